The zero-order valence-corrected chi connectivity index (χ0v) is 10.3. The van der Waals surface area contributed by atoms with Gasteiger partial charge in [0.25, 0.3) is 0 Å². The minimum atomic E-state index is -0.0609. The van der Waals surface area contributed by atoms with Crippen molar-refractivity contribution >= 4 is 6.03 Å². The summed E-state index contributed by atoms with van der Waals surface area (Å²) in [6.07, 6.45) is 11.5. The first-order valence-electron chi connectivity index (χ1n) is 6.55. The van der Waals surface area contributed by atoms with Gasteiger partial charge in [-0.1, -0.05) is 31.8 Å². The molecule has 0 spiro atoms. The fourth-order valence-electron chi connectivity index (χ4n) is 1.95. The van der Waals surface area contributed by atoms with Gasteiger partial charge in [0, 0.05) is 12.7 Å². The van der Waals surface area contributed by atoms with E-state index in [2.05, 4.69) is 17.6 Å². The summed E-state index contributed by atoms with van der Waals surface area (Å²) in [5.41, 5.74) is 1.38. The van der Waals surface area contributed by atoms with E-state index < -0.39 is 0 Å². The Kier molecular flexibility index (Phi) is 6.70. The van der Waals surface area contributed by atoms with Gasteiger partial charge < -0.3 is 10.6 Å². The highest BCUT2D eigenvalue weighted by Gasteiger charge is 2.05. The van der Waals surface area contributed by atoms with E-state index in [4.69, 9.17) is 0 Å². The Morgan fingerprint density at radius 1 is 1.25 bits per heavy atom. The molecule has 0 atom stereocenters. The Balaban J connectivity index is 2.08. The molecule has 1 aliphatic rings. The second-order valence-corrected chi connectivity index (χ2v) is 4.47. The topological polar surface area (TPSA) is 41.1 Å². The van der Waals surface area contributed by atoms with Crippen LogP contribution in [0, 0.1) is 0 Å². The number of carbonyl (C=O) groups excluding carboxylic acids is 1. The highest BCUT2D eigenvalue weighted by molar-refractivity contribution is 5.74. The lowest BCUT2D eigenvalue weighted by Crippen LogP contribution is -2.33. The van der Waals surface area contributed by atoms with Crippen LogP contribution in [0.5, 0.6) is 0 Å². The minimum Gasteiger partial charge on any atom is -0.338 e. The molecule has 1 fully saturated rings. The standard InChI is InChI=1S/C13H24N2O/c1-2-3-7-10-14-13(16)15-11-12-8-5-4-6-9-12/h11H,2-10H2,1H3,(H2,14,15,16). The molecular weight excluding hydrogens is 200 g/mol. The molecule has 1 saturated carbocycles. The lowest BCUT2D eigenvalue weighted by atomic mass is 9.96. The molecule has 0 aliphatic heterocycles. The highest BCUT2D eigenvalue weighted by atomic mass is 16.2. The summed E-state index contributed by atoms with van der Waals surface area (Å²) in [4.78, 5) is 11.4. The molecule has 0 unspecified atom stereocenters. The van der Waals surface area contributed by atoms with Crippen LogP contribution in [0.3, 0.4) is 0 Å². The second-order valence-electron chi connectivity index (χ2n) is 4.47. The third-order valence-electron chi connectivity index (χ3n) is 2.97. The molecule has 3 heteroatoms. The van der Waals surface area contributed by atoms with E-state index in [0.717, 1.165) is 25.8 Å². The van der Waals surface area contributed by atoms with Crippen molar-refractivity contribution in [3.63, 3.8) is 0 Å². The first-order valence-corrected chi connectivity index (χ1v) is 6.55. The number of rotatable bonds is 5. The summed E-state index contributed by atoms with van der Waals surface area (Å²) < 4.78 is 0. The second kappa shape index (κ2) is 8.20. The van der Waals surface area contributed by atoms with Gasteiger partial charge in [0.05, 0.1) is 0 Å². The Labute approximate surface area is 98.7 Å². The molecule has 92 valence electrons. The summed E-state index contributed by atoms with van der Waals surface area (Å²) in [6.45, 7) is 2.94. The third-order valence-corrected chi connectivity index (χ3v) is 2.97. The van der Waals surface area contributed by atoms with Gasteiger partial charge in [-0.25, -0.2) is 4.79 Å². The minimum absolute atomic E-state index is 0.0609. The van der Waals surface area contributed by atoms with Gasteiger partial charge in [0.1, 0.15) is 0 Å². The largest absolute Gasteiger partial charge is 0.338 e. The Hall–Kier alpha value is -0.990. The molecule has 2 N–H and O–H groups in total. The predicted octanol–water partition coefficient (Wildman–Crippen LogP) is 3.32. The normalized spacial score (nSPS) is 15.7. The Bertz CT molecular complexity index is 228. The molecule has 1 rings (SSSR count). The van der Waals surface area contributed by atoms with Crippen LogP contribution in [0.4, 0.5) is 4.79 Å². The number of allylic oxidation sites excluding steroid dienone is 1. The van der Waals surface area contributed by atoms with Gasteiger partial charge in [-0.3, -0.25) is 0 Å². The average molecular weight is 224 g/mol. The summed E-state index contributed by atoms with van der Waals surface area (Å²) in [5, 5.41) is 5.68. The van der Waals surface area contributed by atoms with Crippen molar-refractivity contribution in [3.8, 4) is 0 Å². The smallest absolute Gasteiger partial charge is 0.318 e. The monoisotopic (exact) mass is 224 g/mol. The van der Waals surface area contributed by atoms with Crippen LogP contribution < -0.4 is 10.6 Å². The maximum absolute atomic E-state index is 11.4. The molecule has 0 aromatic rings. The van der Waals surface area contributed by atoms with Crippen molar-refractivity contribution in [2.75, 3.05) is 6.54 Å². The van der Waals surface area contributed by atoms with Crippen LogP contribution >= 0.6 is 0 Å². The van der Waals surface area contributed by atoms with E-state index in [1.54, 1.807) is 0 Å². The molecular formula is C13H24N2O. The van der Waals surface area contributed by atoms with Gasteiger partial charge >= 0.3 is 6.03 Å². The predicted molar refractivity (Wildman–Crippen MR) is 67.2 cm³/mol. The van der Waals surface area contributed by atoms with Crippen molar-refractivity contribution in [2.45, 2.75) is 58.3 Å². The van der Waals surface area contributed by atoms with Crippen LogP contribution in [0.1, 0.15) is 58.3 Å². The van der Waals surface area contributed by atoms with E-state index in [1.165, 1.54) is 37.7 Å². The summed E-state index contributed by atoms with van der Waals surface area (Å²) in [5.74, 6) is 0. The molecule has 2 amide bonds. The molecule has 0 aromatic carbocycles. The highest BCUT2D eigenvalue weighted by Crippen LogP contribution is 2.21. The number of nitrogens with one attached hydrogen (secondary N) is 2. The van der Waals surface area contributed by atoms with Crippen LogP contribution in [-0.4, -0.2) is 12.6 Å². The molecule has 0 heterocycles. The van der Waals surface area contributed by atoms with Gasteiger partial charge in [-0.05, 0) is 32.1 Å². The fourth-order valence-corrected chi connectivity index (χ4v) is 1.95. The van der Waals surface area contributed by atoms with E-state index >= 15 is 0 Å². The number of hydrogen-bond donors (Lipinski definition) is 2. The Morgan fingerprint density at radius 3 is 2.69 bits per heavy atom. The number of unbranched alkanes of at least 4 members (excludes halogenated alkanes) is 2. The SMILES string of the molecule is CCCCCNC(=O)NC=C1CCCCC1. The van der Waals surface area contributed by atoms with E-state index in [0.29, 0.717) is 0 Å². The van der Waals surface area contributed by atoms with Crippen molar-refractivity contribution in [1.29, 1.82) is 0 Å². The van der Waals surface area contributed by atoms with Gasteiger partial charge in [-0.15, -0.1) is 0 Å². The molecule has 1 aliphatic carbocycles. The number of carbonyl (C=O) groups is 1. The summed E-state index contributed by atoms with van der Waals surface area (Å²) in [7, 11) is 0. The lowest BCUT2D eigenvalue weighted by Gasteiger charge is -2.13. The molecule has 0 aromatic heterocycles. The van der Waals surface area contributed by atoms with Crippen molar-refractivity contribution in [1.82, 2.24) is 10.6 Å². The van der Waals surface area contributed by atoms with Crippen LogP contribution in [0.2, 0.25) is 0 Å². The van der Waals surface area contributed by atoms with E-state index in [9.17, 15) is 4.79 Å². The third kappa shape index (κ3) is 5.79. The van der Waals surface area contributed by atoms with Crippen molar-refractivity contribution < 1.29 is 4.79 Å². The molecule has 0 bridgehead atoms. The average Bonchev–Trinajstić information content (AvgIpc) is 2.33. The van der Waals surface area contributed by atoms with Gasteiger partial charge in [0.15, 0.2) is 0 Å². The first-order chi connectivity index (χ1) is 7.83. The molecule has 0 saturated heterocycles. The van der Waals surface area contributed by atoms with Crippen LogP contribution in [-0.2, 0) is 0 Å². The maximum Gasteiger partial charge on any atom is 0.318 e. The summed E-state index contributed by atoms with van der Waals surface area (Å²) >= 11 is 0. The van der Waals surface area contributed by atoms with Crippen LogP contribution in [0.25, 0.3) is 0 Å². The first kappa shape index (κ1) is 13.1. The van der Waals surface area contributed by atoms with E-state index in [-0.39, 0.29) is 6.03 Å². The van der Waals surface area contributed by atoms with Crippen LogP contribution in [0.15, 0.2) is 11.8 Å². The fraction of sp³-hybridized carbons (Fsp3) is 0.769. The van der Waals surface area contributed by atoms with Crippen molar-refractivity contribution in [3.05, 3.63) is 11.8 Å². The summed E-state index contributed by atoms with van der Waals surface area (Å²) in [6, 6.07) is -0.0609. The Morgan fingerprint density at radius 2 is 2.00 bits per heavy atom. The number of hydrogen-bond acceptors (Lipinski definition) is 1. The van der Waals surface area contributed by atoms with Crippen molar-refractivity contribution in [2.24, 2.45) is 0 Å². The zero-order chi connectivity index (χ0) is 11.6. The number of amides is 2. The van der Waals surface area contributed by atoms with Gasteiger partial charge in [-0.2, -0.15) is 0 Å². The van der Waals surface area contributed by atoms with Gasteiger partial charge in [0.2, 0.25) is 0 Å². The molecule has 16 heavy (non-hydrogen) atoms. The lowest BCUT2D eigenvalue weighted by molar-refractivity contribution is 0.244. The van der Waals surface area contributed by atoms with E-state index in [1.807, 2.05) is 6.20 Å². The molecule has 0 radical (unpaired) electrons. The number of urea groups is 1. The molecule has 3 nitrogen and oxygen atoms in total. The quantitative estimate of drug-likeness (QED) is 0.691. The zero-order valence-electron chi connectivity index (χ0n) is 10.3. The maximum atomic E-state index is 11.4.